The summed E-state index contributed by atoms with van der Waals surface area (Å²) in [5, 5.41) is 21.1. The van der Waals surface area contributed by atoms with Gasteiger partial charge in [0.2, 0.25) is 0 Å². The summed E-state index contributed by atoms with van der Waals surface area (Å²) >= 11 is 3.36. The maximum atomic E-state index is 13.1. The first-order valence-corrected chi connectivity index (χ1v) is 11.4. The third-order valence-electron chi connectivity index (χ3n) is 5.94. The summed E-state index contributed by atoms with van der Waals surface area (Å²) < 4.78 is 11.4. The van der Waals surface area contributed by atoms with Gasteiger partial charge in [-0.15, -0.1) is 0 Å². The highest BCUT2D eigenvalue weighted by molar-refractivity contribution is 9.10. The average molecular weight is 517 g/mol. The molecule has 0 saturated carbocycles. The molecule has 1 amide bonds. The van der Waals surface area contributed by atoms with Gasteiger partial charge < -0.3 is 24.6 Å². The molecular weight excluding hydrogens is 492 g/mol. The van der Waals surface area contributed by atoms with Crippen LogP contribution in [0.2, 0.25) is 0 Å². The molecule has 2 heterocycles. The molecule has 0 unspecified atom stereocenters. The van der Waals surface area contributed by atoms with Crippen molar-refractivity contribution >= 4 is 33.4 Å². The number of benzene rings is 2. The van der Waals surface area contributed by atoms with E-state index in [9.17, 15) is 19.8 Å². The van der Waals surface area contributed by atoms with E-state index < -0.39 is 17.7 Å². The number of likely N-dealkylation sites (tertiary alicyclic amines) is 1. The zero-order chi connectivity index (χ0) is 23.5. The lowest BCUT2D eigenvalue weighted by molar-refractivity contribution is -0.140. The fourth-order valence-electron chi connectivity index (χ4n) is 4.16. The first-order valence-electron chi connectivity index (χ1n) is 10.6. The van der Waals surface area contributed by atoms with Gasteiger partial charge in [-0.05, 0) is 29.8 Å². The van der Waals surface area contributed by atoms with Crippen molar-refractivity contribution in [3.05, 3.63) is 63.6 Å². The minimum absolute atomic E-state index is 0.0112. The molecule has 0 aromatic heterocycles. The maximum Gasteiger partial charge on any atom is 0.295 e. The Kier molecular flexibility index (Phi) is 7.02. The Morgan fingerprint density at radius 2 is 1.82 bits per heavy atom. The first kappa shape index (κ1) is 23.3. The molecule has 2 aromatic carbocycles. The molecule has 2 saturated heterocycles. The van der Waals surface area contributed by atoms with Crippen molar-refractivity contribution < 1.29 is 29.3 Å². The molecule has 2 aromatic rings. The van der Waals surface area contributed by atoms with Gasteiger partial charge in [-0.3, -0.25) is 14.5 Å². The Morgan fingerprint density at radius 1 is 1.12 bits per heavy atom. The van der Waals surface area contributed by atoms with Crippen molar-refractivity contribution in [2.75, 3.05) is 46.5 Å². The molecule has 2 N–H and O–H groups in total. The summed E-state index contributed by atoms with van der Waals surface area (Å²) in [4.78, 5) is 29.9. The fourth-order valence-corrected chi connectivity index (χ4v) is 4.42. The number of carbonyl (C=O) groups excluding carboxylic acids is 2. The normalized spacial score (nSPS) is 20.9. The smallest absolute Gasteiger partial charge is 0.295 e. The van der Waals surface area contributed by atoms with E-state index in [4.69, 9.17) is 9.47 Å². The number of phenols is 1. The molecule has 0 aliphatic carbocycles. The number of Topliss-reactive ketones (excluding diaryl/α,β-unsaturated/α-hetero) is 1. The number of halogens is 1. The quantitative estimate of drug-likeness (QED) is 0.346. The average Bonchev–Trinajstić information content (AvgIpc) is 3.08. The largest absolute Gasteiger partial charge is 0.507 e. The molecule has 0 spiro atoms. The van der Waals surface area contributed by atoms with E-state index in [0.29, 0.717) is 37.4 Å². The number of morpholine rings is 1. The molecule has 1 atom stereocenters. The topological polar surface area (TPSA) is 99.5 Å². The maximum absolute atomic E-state index is 13.1. The zero-order valence-electron chi connectivity index (χ0n) is 18.2. The highest BCUT2D eigenvalue weighted by Gasteiger charge is 2.46. The predicted molar refractivity (Wildman–Crippen MR) is 125 cm³/mol. The fraction of sp³-hybridized carbons (Fsp3) is 0.333. The van der Waals surface area contributed by atoms with Crippen LogP contribution in [0.4, 0.5) is 0 Å². The second-order valence-corrected chi connectivity index (χ2v) is 8.80. The molecule has 2 fully saturated rings. The van der Waals surface area contributed by atoms with Gasteiger partial charge >= 0.3 is 0 Å². The van der Waals surface area contributed by atoms with Crippen LogP contribution in [0.25, 0.3) is 5.76 Å². The number of hydrogen-bond acceptors (Lipinski definition) is 7. The number of aliphatic hydroxyl groups is 1. The van der Waals surface area contributed by atoms with E-state index in [-0.39, 0.29) is 22.8 Å². The monoisotopic (exact) mass is 516 g/mol. The minimum atomic E-state index is -0.816. The summed E-state index contributed by atoms with van der Waals surface area (Å²) in [6.45, 7) is 3.62. The molecule has 2 aliphatic rings. The number of ether oxygens (including phenoxy) is 2. The molecule has 0 bridgehead atoms. The van der Waals surface area contributed by atoms with Crippen molar-refractivity contribution in [1.82, 2.24) is 9.80 Å². The van der Waals surface area contributed by atoms with Gasteiger partial charge in [0.1, 0.15) is 5.76 Å². The van der Waals surface area contributed by atoms with Crippen molar-refractivity contribution in [1.29, 1.82) is 0 Å². The van der Waals surface area contributed by atoms with E-state index in [1.807, 2.05) is 0 Å². The van der Waals surface area contributed by atoms with Crippen molar-refractivity contribution in [3.8, 4) is 11.5 Å². The van der Waals surface area contributed by atoms with Crippen LogP contribution in [0.3, 0.4) is 0 Å². The summed E-state index contributed by atoms with van der Waals surface area (Å²) in [7, 11) is 1.43. The number of nitrogens with zero attached hydrogens (tertiary/aromatic N) is 2. The molecule has 0 radical (unpaired) electrons. The van der Waals surface area contributed by atoms with E-state index >= 15 is 0 Å². The number of aliphatic hydroxyl groups excluding tert-OH is 1. The lowest BCUT2D eigenvalue weighted by Crippen LogP contribution is -2.42. The number of rotatable bonds is 6. The molecule has 33 heavy (non-hydrogen) atoms. The Bertz CT molecular complexity index is 1080. The van der Waals surface area contributed by atoms with Crippen LogP contribution in [-0.4, -0.2) is 78.2 Å². The van der Waals surface area contributed by atoms with Gasteiger partial charge in [0.15, 0.2) is 11.5 Å². The van der Waals surface area contributed by atoms with Gasteiger partial charge in [-0.2, -0.15) is 0 Å². The van der Waals surface area contributed by atoms with E-state index in [1.54, 1.807) is 36.4 Å². The highest BCUT2D eigenvalue weighted by atomic mass is 79.9. The molecular formula is C24H25BrN2O6. The number of methoxy groups -OCH3 is 1. The summed E-state index contributed by atoms with van der Waals surface area (Å²) in [5.74, 6) is -1.49. The molecule has 2 aliphatic heterocycles. The van der Waals surface area contributed by atoms with Crippen LogP contribution < -0.4 is 4.74 Å². The van der Waals surface area contributed by atoms with Gasteiger partial charge in [0.05, 0.1) is 31.9 Å². The Balaban J connectivity index is 1.76. The number of carbonyl (C=O) groups is 2. The molecule has 8 nitrogen and oxygen atoms in total. The second-order valence-electron chi connectivity index (χ2n) is 7.88. The van der Waals surface area contributed by atoms with Gasteiger partial charge in [0, 0.05) is 36.2 Å². The Labute approximate surface area is 200 Å². The van der Waals surface area contributed by atoms with E-state index in [2.05, 4.69) is 20.8 Å². The van der Waals surface area contributed by atoms with Gasteiger partial charge in [-0.1, -0.05) is 34.1 Å². The van der Waals surface area contributed by atoms with Crippen LogP contribution >= 0.6 is 15.9 Å². The van der Waals surface area contributed by atoms with Gasteiger partial charge in [-0.25, -0.2) is 0 Å². The van der Waals surface area contributed by atoms with Crippen LogP contribution in [0.5, 0.6) is 11.5 Å². The van der Waals surface area contributed by atoms with Crippen molar-refractivity contribution in [2.24, 2.45) is 0 Å². The summed E-state index contributed by atoms with van der Waals surface area (Å²) in [6.07, 6.45) is 0. The Hall–Kier alpha value is -2.88. The third-order valence-corrected chi connectivity index (χ3v) is 6.47. The van der Waals surface area contributed by atoms with Crippen LogP contribution in [-0.2, 0) is 14.3 Å². The molecule has 4 rings (SSSR count). The number of hydrogen-bond donors (Lipinski definition) is 2. The lowest BCUT2D eigenvalue weighted by atomic mass is 9.95. The minimum Gasteiger partial charge on any atom is -0.507 e. The van der Waals surface area contributed by atoms with Crippen molar-refractivity contribution in [2.45, 2.75) is 6.04 Å². The van der Waals surface area contributed by atoms with E-state index in [0.717, 1.165) is 17.6 Å². The number of aromatic hydroxyl groups is 1. The first-order chi connectivity index (χ1) is 15.9. The highest BCUT2D eigenvalue weighted by Crippen LogP contribution is 2.41. The van der Waals surface area contributed by atoms with Crippen LogP contribution in [0.15, 0.2) is 52.5 Å². The summed E-state index contributed by atoms with van der Waals surface area (Å²) in [5.41, 5.74) is 1.00. The summed E-state index contributed by atoms with van der Waals surface area (Å²) in [6, 6.07) is 10.7. The zero-order valence-corrected chi connectivity index (χ0v) is 19.7. The predicted octanol–water partition coefficient (Wildman–Crippen LogP) is 2.92. The van der Waals surface area contributed by atoms with Crippen molar-refractivity contribution in [3.63, 3.8) is 0 Å². The number of amides is 1. The number of ketones is 1. The van der Waals surface area contributed by atoms with E-state index in [1.165, 1.54) is 18.1 Å². The SMILES string of the molecule is COc1cc([C@@H]2C(=C(O)c3ccc(Br)cc3)C(=O)C(=O)N2CCN2CCOCC2)ccc1O. The lowest BCUT2D eigenvalue weighted by Gasteiger charge is -2.31. The van der Waals surface area contributed by atoms with Crippen LogP contribution in [0, 0.1) is 0 Å². The molecule has 9 heteroatoms. The second kappa shape index (κ2) is 9.94. The van der Waals surface area contributed by atoms with Crippen LogP contribution in [0.1, 0.15) is 17.2 Å². The standard InChI is InChI=1S/C24H25BrN2O6/c1-32-19-14-16(4-7-18(19)28)21-20(22(29)15-2-5-17(25)6-3-15)23(30)24(31)27(21)9-8-26-10-12-33-13-11-26/h2-7,14,21,28-29H,8-13H2,1H3/t21-/m1/s1. The molecule has 174 valence electrons. The Morgan fingerprint density at radius 3 is 2.48 bits per heavy atom. The van der Waals surface area contributed by atoms with Gasteiger partial charge in [0.25, 0.3) is 11.7 Å². The number of phenolic OH excluding ortho intramolecular Hbond substituents is 1. The third kappa shape index (κ3) is 4.75.